The highest BCUT2D eigenvalue weighted by molar-refractivity contribution is 7.07. The monoisotopic (exact) mass is 401 g/mol. The lowest BCUT2D eigenvalue weighted by Gasteiger charge is -2.40. The Kier molecular flexibility index (Phi) is 5.55. The topological polar surface area (TPSA) is 54.9 Å². The van der Waals surface area contributed by atoms with Gasteiger partial charge in [0.05, 0.1) is 19.7 Å². The first kappa shape index (κ1) is 19.2. The first-order valence-corrected chi connectivity index (χ1v) is 10.7. The number of piperidine rings is 1. The number of hydrogen-bond acceptors (Lipinski definition) is 6. The highest BCUT2D eigenvalue weighted by Gasteiger charge is 2.43. The highest BCUT2D eigenvalue weighted by Crippen LogP contribution is 2.40. The molecule has 1 aromatic carbocycles. The predicted molar refractivity (Wildman–Crippen MR) is 109 cm³/mol. The second-order valence-corrected chi connectivity index (χ2v) is 8.54. The van der Waals surface area contributed by atoms with Gasteiger partial charge in [0.25, 0.3) is 5.91 Å². The van der Waals surface area contributed by atoms with Crippen molar-refractivity contribution in [2.24, 2.45) is 5.41 Å². The van der Waals surface area contributed by atoms with Crippen LogP contribution in [0.4, 0.5) is 0 Å². The lowest BCUT2D eigenvalue weighted by atomic mass is 9.79. The third-order valence-electron chi connectivity index (χ3n) is 6.00. The second kappa shape index (κ2) is 8.09. The van der Waals surface area contributed by atoms with Crippen LogP contribution in [0.5, 0.6) is 11.5 Å². The molecule has 0 aliphatic carbocycles. The Morgan fingerprint density at radius 1 is 1.21 bits per heavy atom. The van der Waals surface area contributed by atoms with Crippen LogP contribution < -0.4 is 9.47 Å². The standard InChI is InChI=1S/C21H27N3O3S/c1-26-18-6-3-5-16(19(18)27-2)11-23-9-4-7-21(13-23)8-10-24(14-21)20(25)17-12-28-15-22-17/h3,5-6,12,15H,4,7-11,13-14H2,1-2H3/t21-/m0/s1. The number of methoxy groups -OCH3 is 2. The fraction of sp³-hybridized carbons (Fsp3) is 0.524. The Morgan fingerprint density at radius 2 is 2.11 bits per heavy atom. The number of amides is 1. The number of likely N-dealkylation sites (tertiary alicyclic amines) is 2. The predicted octanol–water partition coefficient (Wildman–Crippen LogP) is 3.29. The van der Waals surface area contributed by atoms with Gasteiger partial charge in [-0.3, -0.25) is 9.69 Å². The smallest absolute Gasteiger partial charge is 0.273 e. The molecule has 0 saturated carbocycles. The molecule has 2 fully saturated rings. The molecule has 0 N–H and O–H groups in total. The molecule has 2 saturated heterocycles. The quantitative estimate of drug-likeness (QED) is 0.770. The second-order valence-electron chi connectivity index (χ2n) is 7.82. The highest BCUT2D eigenvalue weighted by atomic mass is 32.1. The molecule has 3 heterocycles. The maximum atomic E-state index is 12.7. The lowest BCUT2D eigenvalue weighted by molar-refractivity contribution is 0.0670. The molecule has 1 amide bonds. The molecule has 2 aliphatic heterocycles. The van der Waals surface area contributed by atoms with E-state index in [4.69, 9.17) is 9.47 Å². The van der Waals surface area contributed by atoms with Crippen LogP contribution in [-0.2, 0) is 6.54 Å². The van der Waals surface area contributed by atoms with Gasteiger partial charge in [0.2, 0.25) is 0 Å². The first-order valence-electron chi connectivity index (χ1n) is 9.74. The van der Waals surface area contributed by atoms with Crippen LogP contribution in [0.2, 0.25) is 0 Å². The molecule has 4 rings (SSSR count). The van der Waals surface area contributed by atoms with Gasteiger partial charge in [-0.15, -0.1) is 11.3 Å². The Bertz CT molecular complexity index is 826. The summed E-state index contributed by atoms with van der Waals surface area (Å²) >= 11 is 1.47. The van der Waals surface area contributed by atoms with E-state index in [2.05, 4.69) is 16.0 Å². The molecule has 0 radical (unpaired) electrons. The van der Waals surface area contributed by atoms with Gasteiger partial charge in [-0.05, 0) is 31.9 Å². The van der Waals surface area contributed by atoms with E-state index in [9.17, 15) is 4.79 Å². The summed E-state index contributed by atoms with van der Waals surface area (Å²) in [6.45, 7) is 4.57. The summed E-state index contributed by atoms with van der Waals surface area (Å²) in [5, 5.41) is 1.84. The Hall–Kier alpha value is -2.12. The van der Waals surface area contributed by atoms with Crippen LogP contribution in [0.1, 0.15) is 35.3 Å². The fourth-order valence-electron chi connectivity index (χ4n) is 4.69. The molecule has 150 valence electrons. The number of carbonyl (C=O) groups excluding carboxylic acids is 1. The number of benzene rings is 1. The summed E-state index contributed by atoms with van der Waals surface area (Å²) in [6.07, 6.45) is 3.40. The first-order chi connectivity index (χ1) is 13.6. The average Bonchev–Trinajstić information content (AvgIpc) is 3.38. The Balaban J connectivity index is 1.45. The number of para-hydroxylation sites is 1. The van der Waals surface area contributed by atoms with Crippen LogP contribution in [-0.4, -0.2) is 61.1 Å². The lowest BCUT2D eigenvalue weighted by Crippen LogP contribution is -2.45. The van der Waals surface area contributed by atoms with Crippen LogP contribution in [0.3, 0.4) is 0 Å². The minimum atomic E-state index is 0.0738. The van der Waals surface area contributed by atoms with Crippen molar-refractivity contribution in [3.8, 4) is 11.5 Å². The number of rotatable bonds is 5. The van der Waals surface area contributed by atoms with Gasteiger partial charge in [0, 0.05) is 42.5 Å². The van der Waals surface area contributed by atoms with E-state index in [1.165, 1.54) is 17.8 Å². The van der Waals surface area contributed by atoms with Gasteiger partial charge in [-0.25, -0.2) is 4.98 Å². The molecular weight excluding hydrogens is 374 g/mol. The summed E-state index contributed by atoms with van der Waals surface area (Å²) in [5.74, 6) is 1.66. The molecule has 2 aliphatic rings. The van der Waals surface area contributed by atoms with Gasteiger partial charge in [0.15, 0.2) is 11.5 Å². The maximum Gasteiger partial charge on any atom is 0.273 e. The maximum absolute atomic E-state index is 12.7. The molecular formula is C21H27N3O3S. The van der Waals surface area contributed by atoms with Crippen LogP contribution in [0, 0.1) is 5.41 Å². The molecule has 1 atom stereocenters. The van der Waals surface area contributed by atoms with Crippen LogP contribution in [0.15, 0.2) is 29.1 Å². The molecule has 0 bridgehead atoms. The Morgan fingerprint density at radius 3 is 2.86 bits per heavy atom. The summed E-state index contributed by atoms with van der Waals surface area (Å²) < 4.78 is 11.0. The van der Waals surface area contributed by atoms with E-state index in [0.29, 0.717) is 5.69 Å². The van der Waals surface area contributed by atoms with Crippen molar-refractivity contribution in [2.45, 2.75) is 25.8 Å². The number of nitrogens with zero attached hydrogens (tertiary/aromatic N) is 3. The number of carbonyl (C=O) groups is 1. The summed E-state index contributed by atoms with van der Waals surface area (Å²) in [7, 11) is 3.36. The molecule has 6 nitrogen and oxygen atoms in total. The van der Waals surface area contributed by atoms with Crippen molar-refractivity contribution < 1.29 is 14.3 Å². The summed E-state index contributed by atoms with van der Waals surface area (Å²) in [6, 6.07) is 6.05. The van der Waals surface area contributed by atoms with Crippen LogP contribution >= 0.6 is 11.3 Å². The molecule has 1 aromatic heterocycles. The third-order valence-corrected chi connectivity index (χ3v) is 6.58. The van der Waals surface area contributed by atoms with Crippen molar-refractivity contribution in [3.63, 3.8) is 0 Å². The number of hydrogen-bond donors (Lipinski definition) is 0. The third kappa shape index (κ3) is 3.73. The van der Waals surface area contributed by atoms with Gasteiger partial charge >= 0.3 is 0 Å². The minimum absolute atomic E-state index is 0.0738. The summed E-state index contributed by atoms with van der Waals surface area (Å²) in [4.78, 5) is 21.4. The van der Waals surface area contributed by atoms with Crippen molar-refractivity contribution >= 4 is 17.2 Å². The van der Waals surface area contributed by atoms with E-state index < -0.39 is 0 Å². The van der Waals surface area contributed by atoms with Crippen molar-refractivity contribution in [3.05, 3.63) is 40.3 Å². The molecule has 7 heteroatoms. The largest absolute Gasteiger partial charge is 0.493 e. The Labute approximate surface area is 170 Å². The van der Waals surface area contributed by atoms with E-state index in [0.717, 1.165) is 62.6 Å². The van der Waals surface area contributed by atoms with Gasteiger partial charge in [0.1, 0.15) is 5.69 Å². The van der Waals surface area contributed by atoms with Crippen molar-refractivity contribution in [2.75, 3.05) is 40.4 Å². The van der Waals surface area contributed by atoms with Gasteiger partial charge in [-0.1, -0.05) is 12.1 Å². The van der Waals surface area contributed by atoms with E-state index in [-0.39, 0.29) is 11.3 Å². The average molecular weight is 402 g/mol. The zero-order chi connectivity index (χ0) is 19.6. The van der Waals surface area contributed by atoms with E-state index >= 15 is 0 Å². The van der Waals surface area contributed by atoms with Crippen LogP contribution in [0.25, 0.3) is 0 Å². The van der Waals surface area contributed by atoms with E-state index in [1.54, 1.807) is 19.7 Å². The van der Waals surface area contributed by atoms with Crippen molar-refractivity contribution in [1.29, 1.82) is 0 Å². The van der Waals surface area contributed by atoms with E-state index in [1.807, 2.05) is 22.4 Å². The number of aromatic nitrogens is 1. The molecule has 0 unspecified atom stereocenters. The molecule has 1 spiro atoms. The van der Waals surface area contributed by atoms with Gasteiger partial charge < -0.3 is 14.4 Å². The molecule has 2 aromatic rings. The fourth-order valence-corrected chi connectivity index (χ4v) is 5.21. The zero-order valence-electron chi connectivity index (χ0n) is 16.5. The minimum Gasteiger partial charge on any atom is -0.493 e. The zero-order valence-corrected chi connectivity index (χ0v) is 17.3. The number of thiazole rings is 1. The normalized spacial score (nSPS) is 22.6. The van der Waals surface area contributed by atoms with Crippen molar-refractivity contribution in [1.82, 2.24) is 14.8 Å². The SMILES string of the molecule is COc1cccc(CN2CCC[C@]3(CCN(C(=O)c4cscn4)C3)C2)c1OC. The molecule has 28 heavy (non-hydrogen) atoms. The summed E-state index contributed by atoms with van der Waals surface area (Å²) in [5.41, 5.74) is 3.64. The number of ether oxygens (including phenoxy) is 2. The van der Waals surface area contributed by atoms with Gasteiger partial charge in [-0.2, -0.15) is 0 Å².